The number of thioether (sulfide) groups is 1. The second-order valence-electron chi connectivity index (χ2n) is 5.50. The minimum atomic E-state index is 0.576. The van der Waals surface area contributed by atoms with Gasteiger partial charge in [-0.05, 0) is 17.5 Å². The van der Waals surface area contributed by atoms with Crippen molar-refractivity contribution in [2.75, 3.05) is 0 Å². The van der Waals surface area contributed by atoms with E-state index in [9.17, 15) is 0 Å². The SMILES string of the molecule is CCCCCC1SC(Cn2ccnc2)c2ccccc21. The van der Waals surface area contributed by atoms with Crippen molar-refractivity contribution in [1.29, 1.82) is 0 Å². The molecular formula is C17H22N2S. The van der Waals surface area contributed by atoms with Gasteiger partial charge in [0.25, 0.3) is 0 Å². The molecule has 0 aliphatic carbocycles. The molecule has 0 saturated heterocycles. The van der Waals surface area contributed by atoms with E-state index < -0.39 is 0 Å². The molecule has 2 nitrogen and oxygen atoms in total. The van der Waals surface area contributed by atoms with Crippen LogP contribution < -0.4 is 0 Å². The van der Waals surface area contributed by atoms with Gasteiger partial charge in [0.15, 0.2) is 0 Å². The molecule has 2 atom stereocenters. The van der Waals surface area contributed by atoms with Crippen LogP contribution in [0.4, 0.5) is 0 Å². The normalized spacial score (nSPS) is 21.1. The molecule has 1 aromatic carbocycles. The van der Waals surface area contributed by atoms with Crippen LogP contribution in [-0.2, 0) is 6.54 Å². The highest BCUT2D eigenvalue weighted by molar-refractivity contribution is 8.00. The summed E-state index contributed by atoms with van der Waals surface area (Å²) in [7, 11) is 0. The van der Waals surface area contributed by atoms with Crippen molar-refractivity contribution in [2.24, 2.45) is 0 Å². The number of rotatable bonds is 6. The number of aromatic nitrogens is 2. The first-order valence-corrected chi connectivity index (χ1v) is 8.52. The minimum Gasteiger partial charge on any atom is -0.336 e. The average Bonchev–Trinajstić information content (AvgIpc) is 3.09. The van der Waals surface area contributed by atoms with E-state index in [0.29, 0.717) is 10.5 Å². The Morgan fingerprint density at radius 2 is 1.95 bits per heavy atom. The molecule has 3 rings (SSSR count). The van der Waals surface area contributed by atoms with Crippen molar-refractivity contribution in [2.45, 2.75) is 49.7 Å². The second-order valence-corrected chi connectivity index (χ2v) is 6.91. The Labute approximate surface area is 125 Å². The summed E-state index contributed by atoms with van der Waals surface area (Å²) in [5, 5.41) is 1.26. The lowest BCUT2D eigenvalue weighted by atomic mass is 9.99. The van der Waals surface area contributed by atoms with Gasteiger partial charge in [-0.25, -0.2) is 4.98 Å². The zero-order chi connectivity index (χ0) is 13.8. The fourth-order valence-corrected chi connectivity index (χ4v) is 4.65. The molecule has 0 N–H and O–H groups in total. The zero-order valence-electron chi connectivity index (χ0n) is 12.0. The van der Waals surface area contributed by atoms with E-state index in [1.165, 1.54) is 31.2 Å². The predicted octanol–water partition coefficient (Wildman–Crippen LogP) is 4.99. The van der Waals surface area contributed by atoms with Crippen molar-refractivity contribution in [3.05, 3.63) is 54.1 Å². The quantitative estimate of drug-likeness (QED) is 0.696. The van der Waals surface area contributed by atoms with E-state index in [1.807, 2.05) is 12.5 Å². The van der Waals surface area contributed by atoms with Gasteiger partial charge in [-0.1, -0.05) is 50.5 Å². The van der Waals surface area contributed by atoms with E-state index >= 15 is 0 Å². The summed E-state index contributed by atoms with van der Waals surface area (Å²) in [6, 6.07) is 9.00. The fourth-order valence-electron chi connectivity index (χ4n) is 2.97. The van der Waals surface area contributed by atoms with Gasteiger partial charge in [0.2, 0.25) is 0 Å². The topological polar surface area (TPSA) is 17.8 Å². The summed E-state index contributed by atoms with van der Waals surface area (Å²) in [5.74, 6) is 0. The molecule has 1 aromatic heterocycles. The Kier molecular flexibility index (Phi) is 4.46. The Morgan fingerprint density at radius 3 is 2.65 bits per heavy atom. The van der Waals surface area contributed by atoms with Crippen LogP contribution in [0.25, 0.3) is 0 Å². The third-order valence-corrected chi connectivity index (χ3v) is 5.57. The Hall–Kier alpha value is -1.22. The fraction of sp³-hybridized carbons (Fsp3) is 0.471. The van der Waals surface area contributed by atoms with Crippen LogP contribution in [0.15, 0.2) is 43.0 Å². The third kappa shape index (κ3) is 2.93. The average molecular weight is 286 g/mol. The van der Waals surface area contributed by atoms with E-state index in [4.69, 9.17) is 0 Å². The molecule has 2 aromatic rings. The summed E-state index contributed by atoms with van der Waals surface area (Å²) in [6.07, 6.45) is 11.2. The van der Waals surface area contributed by atoms with Crippen LogP contribution in [0.2, 0.25) is 0 Å². The second kappa shape index (κ2) is 6.49. The summed E-state index contributed by atoms with van der Waals surface area (Å²) in [5.41, 5.74) is 3.10. The standard InChI is InChI=1S/C17H22N2S/c1-2-3-4-9-16-14-7-5-6-8-15(14)17(20-16)12-19-11-10-18-13-19/h5-8,10-11,13,16-17H,2-4,9,12H2,1H3. The molecule has 3 heteroatoms. The largest absolute Gasteiger partial charge is 0.336 e. The van der Waals surface area contributed by atoms with Crippen LogP contribution >= 0.6 is 11.8 Å². The summed E-state index contributed by atoms with van der Waals surface area (Å²) < 4.78 is 2.20. The monoisotopic (exact) mass is 286 g/mol. The lowest BCUT2D eigenvalue weighted by Gasteiger charge is -2.12. The predicted molar refractivity (Wildman–Crippen MR) is 85.9 cm³/mol. The lowest BCUT2D eigenvalue weighted by Crippen LogP contribution is -2.02. The van der Waals surface area contributed by atoms with E-state index in [-0.39, 0.29) is 0 Å². The first-order chi connectivity index (χ1) is 9.88. The van der Waals surface area contributed by atoms with Crippen molar-refractivity contribution in [3.8, 4) is 0 Å². The highest BCUT2D eigenvalue weighted by Crippen LogP contribution is 2.53. The molecule has 1 aliphatic rings. The van der Waals surface area contributed by atoms with Crippen LogP contribution in [0.3, 0.4) is 0 Å². The van der Waals surface area contributed by atoms with Gasteiger partial charge in [0, 0.05) is 29.4 Å². The van der Waals surface area contributed by atoms with Crippen molar-refractivity contribution < 1.29 is 0 Å². The van der Waals surface area contributed by atoms with Gasteiger partial charge in [-0.15, -0.1) is 11.8 Å². The molecule has 0 bridgehead atoms. The number of unbranched alkanes of at least 4 members (excludes halogenated alkanes) is 2. The smallest absolute Gasteiger partial charge is 0.0946 e. The highest BCUT2D eigenvalue weighted by atomic mass is 32.2. The van der Waals surface area contributed by atoms with Gasteiger partial charge >= 0.3 is 0 Å². The summed E-state index contributed by atoms with van der Waals surface area (Å²) in [6.45, 7) is 3.31. The number of imidazole rings is 1. The van der Waals surface area contributed by atoms with Gasteiger partial charge in [0.1, 0.15) is 0 Å². The van der Waals surface area contributed by atoms with Crippen molar-refractivity contribution in [1.82, 2.24) is 9.55 Å². The van der Waals surface area contributed by atoms with E-state index in [1.54, 1.807) is 5.56 Å². The number of fused-ring (bicyclic) bond motifs is 1. The highest BCUT2D eigenvalue weighted by Gasteiger charge is 2.30. The van der Waals surface area contributed by atoms with Gasteiger partial charge in [-0.2, -0.15) is 0 Å². The van der Waals surface area contributed by atoms with Crippen molar-refractivity contribution in [3.63, 3.8) is 0 Å². The molecule has 0 saturated carbocycles. The maximum atomic E-state index is 4.15. The number of benzene rings is 1. The molecule has 0 amide bonds. The van der Waals surface area contributed by atoms with E-state index in [2.05, 4.69) is 58.7 Å². The van der Waals surface area contributed by atoms with E-state index in [0.717, 1.165) is 6.54 Å². The van der Waals surface area contributed by atoms with Crippen molar-refractivity contribution >= 4 is 11.8 Å². The maximum Gasteiger partial charge on any atom is 0.0946 e. The zero-order valence-corrected chi connectivity index (χ0v) is 12.9. The van der Waals surface area contributed by atoms with Crippen LogP contribution in [0, 0.1) is 0 Å². The number of hydrogen-bond donors (Lipinski definition) is 0. The van der Waals surface area contributed by atoms with Crippen LogP contribution in [0.1, 0.15) is 54.2 Å². The van der Waals surface area contributed by atoms with Crippen LogP contribution in [0.5, 0.6) is 0 Å². The molecule has 0 spiro atoms. The summed E-state index contributed by atoms with van der Waals surface area (Å²) in [4.78, 5) is 4.15. The Morgan fingerprint density at radius 1 is 1.15 bits per heavy atom. The number of hydrogen-bond acceptors (Lipinski definition) is 2. The molecular weight excluding hydrogens is 264 g/mol. The first kappa shape index (κ1) is 13.7. The molecule has 2 heterocycles. The Balaban J connectivity index is 1.74. The molecule has 20 heavy (non-hydrogen) atoms. The summed E-state index contributed by atoms with van der Waals surface area (Å²) >= 11 is 2.14. The number of nitrogens with zero attached hydrogens (tertiary/aromatic N) is 2. The molecule has 1 aliphatic heterocycles. The lowest BCUT2D eigenvalue weighted by molar-refractivity contribution is 0.661. The first-order valence-electron chi connectivity index (χ1n) is 7.58. The molecule has 0 fully saturated rings. The maximum absolute atomic E-state index is 4.15. The van der Waals surface area contributed by atoms with Gasteiger partial charge in [-0.3, -0.25) is 0 Å². The third-order valence-electron chi connectivity index (χ3n) is 4.02. The van der Waals surface area contributed by atoms with Gasteiger partial charge < -0.3 is 4.57 Å². The molecule has 106 valence electrons. The van der Waals surface area contributed by atoms with Gasteiger partial charge in [0.05, 0.1) is 6.33 Å². The molecule has 0 radical (unpaired) electrons. The van der Waals surface area contributed by atoms with Crippen LogP contribution in [-0.4, -0.2) is 9.55 Å². The Bertz CT molecular complexity index is 536. The molecule has 2 unspecified atom stereocenters. The minimum absolute atomic E-state index is 0.576.